The van der Waals surface area contributed by atoms with Gasteiger partial charge in [-0.3, -0.25) is 4.21 Å². The molecule has 0 saturated carbocycles. The first kappa shape index (κ1) is 15.1. The molecule has 2 unspecified atom stereocenters. The van der Waals surface area contributed by atoms with Crippen molar-refractivity contribution in [1.29, 1.82) is 0 Å². The Balaban J connectivity index is 0.000000288. The van der Waals surface area contributed by atoms with E-state index in [1.165, 1.54) is 32.4 Å². The fourth-order valence-electron chi connectivity index (χ4n) is 1.63. The lowest BCUT2D eigenvalue weighted by Crippen LogP contribution is -2.36. The predicted molar refractivity (Wildman–Crippen MR) is 64.6 cm³/mol. The van der Waals surface area contributed by atoms with Crippen LogP contribution in [0, 0.1) is 0 Å². The van der Waals surface area contributed by atoms with Crippen LogP contribution < -0.4 is 0 Å². The fraction of sp³-hybridized carbons (Fsp3) is 1.00. The maximum atomic E-state index is 9.70. The minimum Gasteiger partial charge on any atom is -0.772 e. The smallest absolute Gasteiger partial charge is 0.0159 e. The van der Waals surface area contributed by atoms with Gasteiger partial charge in [0.25, 0.3) is 0 Å². The zero-order valence-electron chi connectivity index (χ0n) is 10.4. The molecule has 1 saturated heterocycles. The molecule has 1 rings (SSSR count). The maximum Gasteiger partial charge on any atom is 0.0159 e. The van der Waals surface area contributed by atoms with Crippen LogP contribution in [-0.2, 0) is 11.1 Å². The van der Waals surface area contributed by atoms with Crippen molar-refractivity contribution in [3.8, 4) is 0 Å². The number of hydrogen-bond donors (Lipinski definition) is 0. The average Bonchev–Trinajstić information content (AvgIpc) is 2.19. The van der Waals surface area contributed by atoms with Crippen molar-refractivity contribution in [2.75, 3.05) is 13.1 Å². The fourth-order valence-corrected chi connectivity index (χ4v) is 1.63. The lowest BCUT2D eigenvalue weighted by atomic mass is 10.0. The van der Waals surface area contributed by atoms with Gasteiger partial charge in [0.2, 0.25) is 0 Å². The van der Waals surface area contributed by atoms with E-state index >= 15 is 0 Å². The van der Waals surface area contributed by atoms with Gasteiger partial charge in [-0.25, -0.2) is 0 Å². The quantitative estimate of drug-likeness (QED) is 0.688. The first-order valence-electron chi connectivity index (χ1n) is 5.81. The summed E-state index contributed by atoms with van der Waals surface area (Å²) in [5.41, 5.74) is 0. The number of rotatable bonds is 2. The van der Waals surface area contributed by atoms with Crippen LogP contribution in [0.2, 0.25) is 0 Å². The summed E-state index contributed by atoms with van der Waals surface area (Å²) >= 11 is -1.87. The first-order chi connectivity index (χ1) is 6.99. The highest BCUT2D eigenvalue weighted by Gasteiger charge is 2.15. The molecule has 1 aliphatic heterocycles. The van der Waals surface area contributed by atoms with Gasteiger partial charge in [0, 0.05) is 11.3 Å². The van der Waals surface area contributed by atoms with Gasteiger partial charge >= 0.3 is 0 Å². The molecular formula is C11H24NO2S-. The minimum atomic E-state index is -1.87. The number of piperidine rings is 1. The molecule has 1 fully saturated rings. The van der Waals surface area contributed by atoms with Crippen molar-refractivity contribution in [3.05, 3.63) is 0 Å². The third-order valence-electron chi connectivity index (χ3n) is 2.73. The second-order valence-corrected chi connectivity index (χ2v) is 5.75. The summed E-state index contributed by atoms with van der Waals surface area (Å²) in [5.74, 6) is 0. The molecule has 0 amide bonds. The lowest BCUT2D eigenvalue weighted by Gasteiger charge is -2.31. The van der Waals surface area contributed by atoms with Crippen molar-refractivity contribution >= 4 is 11.1 Å². The molecule has 0 aromatic carbocycles. The highest BCUT2D eigenvalue weighted by atomic mass is 32.2. The van der Waals surface area contributed by atoms with Crippen LogP contribution in [0.3, 0.4) is 0 Å². The third kappa shape index (κ3) is 7.03. The first-order valence-corrected chi connectivity index (χ1v) is 6.95. The largest absolute Gasteiger partial charge is 0.772 e. The molecule has 3 nitrogen and oxygen atoms in total. The molecule has 0 aromatic heterocycles. The molecule has 4 heteroatoms. The van der Waals surface area contributed by atoms with Gasteiger partial charge in [-0.05, 0) is 32.9 Å². The van der Waals surface area contributed by atoms with Crippen LogP contribution in [-0.4, -0.2) is 38.0 Å². The van der Waals surface area contributed by atoms with Crippen molar-refractivity contribution in [3.63, 3.8) is 0 Å². The molecule has 2 atom stereocenters. The van der Waals surface area contributed by atoms with E-state index in [-0.39, 0.29) is 5.25 Å². The summed E-state index contributed by atoms with van der Waals surface area (Å²) in [7, 11) is 0. The van der Waals surface area contributed by atoms with Crippen molar-refractivity contribution < 1.29 is 8.76 Å². The van der Waals surface area contributed by atoms with Crippen molar-refractivity contribution in [2.45, 2.75) is 58.2 Å². The highest BCUT2D eigenvalue weighted by molar-refractivity contribution is 7.79. The molecule has 92 valence electrons. The SMILES string of the molecule is CC(C)S(=O)[O-].CCN1CCCCC1C. The van der Waals surface area contributed by atoms with Crippen LogP contribution in [0.1, 0.15) is 47.0 Å². The van der Waals surface area contributed by atoms with Gasteiger partial charge in [-0.2, -0.15) is 0 Å². The van der Waals surface area contributed by atoms with Gasteiger partial charge in [0.05, 0.1) is 0 Å². The summed E-state index contributed by atoms with van der Waals surface area (Å²) in [6.07, 6.45) is 4.27. The standard InChI is InChI=1S/C8H17N.C3H8O2S/c1-3-9-7-5-4-6-8(9)2;1-3(2)6(4)5/h8H,3-7H2,1-2H3;3H,1-2H3,(H,4,5)/p-1. The number of hydrogen-bond acceptors (Lipinski definition) is 3. The summed E-state index contributed by atoms with van der Waals surface area (Å²) in [6, 6.07) is 0.851. The Morgan fingerprint density at radius 3 is 2.27 bits per heavy atom. The summed E-state index contributed by atoms with van der Waals surface area (Å²) in [6.45, 7) is 10.4. The second kappa shape index (κ2) is 8.25. The van der Waals surface area contributed by atoms with E-state index in [4.69, 9.17) is 0 Å². The van der Waals surface area contributed by atoms with Crippen LogP contribution in [0.15, 0.2) is 0 Å². The topological polar surface area (TPSA) is 43.4 Å². The van der Waals surface area contributed by atoms with E-state index in [9.17, 15) is 8.76 Å². The predicted octanol–water partition coefficient (Wildman–Crippen LogP) is 2.15. The third-order valence-corrected chi connectivity index (χ3v) is 3.50. The van der Waals surface area contributed by atoms with Gasteiger partial charge in [-0.1, -0.05) is 38.3 Å². The molecule has 0 radical (unpaired) electrons. The van der Waals surface area contributed by atoms with Crippen molar-refractivity contribution in [2.24, 2.45) is 0 Å². The summed E-state index contributed by atoms with van der Waals surface area (Å²) in [4.78, 5) is 2.56. The molecule has 15 heavy (non-hydrogen) atoms. The monoisotopic (exact) mass is 234 g/mol. The van der Waals surface area contributed by atoms with E-state index in [0.29, 0.717) is 0 Å². The van der Waals surface area contributed by atoms with E-state index in [0.717, 1.165) is 6.04 Å². The zero-order chi connectivity index (χ0) is 11.8. The number of nitrogens with zero attached hydrogens (tertiary/aromatic N) is 1. The van der Waals surface area contributed by atoms with E-state index in [2.05, 4.69) is 18.7 Å². The molecule has 0 aromatic rings. The van der Waals surface area contributed by atoms with Crippen LogP contribution in [0.25, 0.3) is 0 Å². The Labute approximate surface area is 96.5 Å². The Kier molecular flexibility index (Phi) is 8.29. The van der Waals surface area contributed by atoms with Gasteiger partial charge < -0.3 is 9.45 Å². The van der Waals surface area contributed by atoms with E-state index in [1.54, 1.807) is 13.8 Å². The molecule has 0 bridgehead atoms. The van der Waals surface area contributed by atoms with Crippen molar-refractivity contribution in [1.82, 2.24) is 4.90 Å². The Morgan fingerprint density at radius 1 is 1.47 bits per heavy atom. The lowest BCUT2D eigenvalue weighted by molar-refractivity contribution is 0.169. The molecule has 0 spiro atoms. The summed E-state index contributed by atoms with van der Waals surface area (Å²) in [5, 5.41) is -0.231. The van der Waals surface area contributed by atoms with Gasteiger partial charge in [0.1, 0.15) is 0 Å². The molecule has 1 heterocycles. The van der Waals surface area contributed by atoms with Gasteiger partial charge in [-0.15, -0.1) is 0 Å². The maximum absolute atomic E-state index is 9.70. The van der Waals surface area contributed by atoms with E-state index in [1.807, 2.05) is 0 Å². The normalized spacial score (nSPS) is 24.5. The highest BCUT2D eigenvalue weighted by Crippen LogP contribution is 2.14. The molecule has 0 aliphatic carbocycles. The Morgan fingerprint density at radius 2 is 2.00 bits per heavy atom. The number of likely N-dealkylation sites (tertiary alicyclic amines) is 1. The average molecular weight is 234 g/mol. The van der Waals surface area contributed by atoms with E-state index < -0.39 is 11.1 Å². The van der Waals surface area contributed by atoms with Crippen LogP contribution >= 0.6 is 0 Å². The summed E-state index contributed by atoms with van der Waals surface area (Å²) < 4.78 is 19.4. The van der Waals surface area contributed by atoms with Crippen LogP contribution in [0.5, 0.6) is 0 Å². The molecule has 0 N–H and O–H groups in total. The minimum absolute atomic E-state index is 0.231. The second-order valence-electron chi connectivity index (χ2n) is 4.28. The Hall–Kier alpha value is 0.0700. The molecular weight excluding hydrogens is 210 g/mol. The Bertz CT molecular complexity index is 185. The zero-order valence-corrected chi connectivity index (χ0v) is 11.2. The van der Waals surface area contributed by atoms with Gasteiger partial charge in [0.15, 0.2) is 0 Å². The molecule has 1 aliphatic rings. The van der Waals surface area contributed by atoms with Crippen LogP contribution in [0.4, 0.5) is 0 Å².